The van der Waals surface area contributed by atoms with E-state index in [9.17, 15) is 19.8 Å². The number of aliphatic hydroxyl groups is 1. The summed E-state index contributed by atoms with van der Waals surface area (Å²) in [6, 6.07) is 0. The molecule has 1 unspecified atom stereocenters. The topological polar surface area (TPSA) is 77.4 Å². The van der Waals surface area contributed by atoms with Crippen LogP contribution in [0.5, 0.6) is 0 Å². The van der Waals surface area contributed by atoms with Gasteiger partial charge in [0.1, 0.15) is 5.60 Å². The molecule has 4 heteroatoms. The summed E-state index contributed by atoms with van der Waals surface area (Å²) in [5.74, 6) is -2.70. The first-order valence-electron chi connectivity index (χ1n) is 3.81. The number of hydrogen-bond acceptors (Lipinski definition) is 4. The summed E-state index contributed by atoms with van der Waals surface area (Å²) < 4.78 is 0. The predicted molar refractivity (Wildman–Crippen MR) is 42.4 cm³/mol. The van der Waals surface area contributed by atoms with E-state index in [1.807, 2.05) is 0 Å². The molecule has 1 aliphatic carbocycles. The molecule has 0 fully saturated rings. The fourth-order valence-electron chi connectivity index (χ4n) is 1.02. The van der Waals surface area contributed by atoms with E-state index in [2.05, 4.69) is 0 Å². The Morgan fingerprint density at radius 2 is 2.00 bits per heavy atom. The van der Waals surface area contributed by atoms with E-state index in [1.54, 1.807) is 0 Å². The third kappa shape index (κ3) is 1.84. The molecule has 0 saturated carbocycles. The van der Waals surface area contributed by atoms with Crippen LogP contribution in [0.4, 0.5) is 0 Å². The number of rotatable bonds is 2. The van der Waals surface area contributed by atoms with Gasteiger partial charge in [-0.3, -0.25) is 4.79 Å². The Bertz CT molecular complexity index is 285. The summed E-state index contributed by atoms with van der Waals surface area (Å²) in [4.78, 5) is 21.2. The standard InChI is InChI=1S/C9H10O4/c1-6(8(11)12)9(13)4-2-7(10)3-5-9/h2-6,13H,1H3,(H,11,12)/p-1. The number of carboxylic acids is 1. The fourth-order valence-corrected chi connectivity index (χ4v) is 1.02. The van der Waals surface area contributed by atoms with Gasteiger partial charge in [-0.05, 0) is 24.3 Å². The molecule has 0 aromatic heterocycles. The Kier molecular flexibility index (Phi) is 2.34. The smallest absolute Gasteiger partial charge is 0.178 e. The van der Waals surface area contributed by atoms with Crippen molar-refractivity contribution in [2.45, 2.75) is 12.5 Å². The van der Waals surface area contributed by atoms with E-state index in [0.29, 0.717) is 0 Å². The van der Waals surface area contributed by atoms with E-state index in [1.165, 1.54) is 6.92 Å². The minimum Gasteiger partial charge on any atom is -0.550 e. The van der Waals surface area contributed by atoms with Gasteiger partial charge < -0.3 is 15.0 Å². The lowest BCUT2D eigenvalue weighted by Crippen LogP contribution is -2.44. The Morgan fingerprint density at radius 1 is 1.54 bits per heavy atom. The van der Waals surface area contributed by atoms with Crippen LogP contribution in [0.3, 0.4) is 0 Å². The zero-order valence-corrected chi connectivity index (χ0v) is 7.06. The molecule has 70 valence electrons. The molecule has 0 aliphatic heterocycles. The monoisotopic (exact) mass is 181 g/mol. The number of aliphatic carboxylic acids is 1. The van der Waals surface area contributed by atoms with Gasteiger partial charge in [-0.15, -0.1) is 0 Å². The third-order valence-corrected chi connectivity index (χ3v) is 2.08. The molecule has 0 spiro atoms. The average molecular weight is 181 g/mol. The quantitative estimate of drug-likeness (QED) is 0.580. The molecule has 1 N–H and O–H groups in total. The Balaban J connectivity index is 2.90. The van der Waals surface area contributed by atoms with Crippen LogP contribution >= 0.6 is 0 Å². The van der Waals surface area contributed by atoms with Crippen LogP contribution in [0.2, 0.25) is 0 Å². The van der Waals surface area contributed by atoms with Crippen molar-refractivity contribution < 1.29 is 19.8 Å². The SMILES string of the molecule is CC(C(=O)[O-])C1(O)C=CC(=O)C=C1. The number of allylic oxidation sites excluding steroid dienone is 2. The summed E-state index contributed by atoms with van der Waals surface area (Å²) in [6.07, 6.45) is 4.60. The predicted octanol–water partition coefficient (Wildman–Crippen LogP) is -1.20. The molecule has 0 bridgehead atoms. The summed E-state index contributed by atoms with van der Waals surface area (Å²) in [6.45, 7) is 1.32. The van der Waals surface area contributed by atoms with E-state index in [-0.39, 0.29) is 5.78 Å². The molecule has 0 aromatic rings. The minimum atomic E-state index is -1.60. The Hall–Kier alpha value is -1.42. The number of hydrogen-bond donors (Lipinski definition) is 1. The number of carbonyl (C=O) groups is 2. The van der Waals surface area contributed by atoms with Gasteiger partial charge in [0.25, 0.3) is 0 Å². The lowest BCUT2D eigenvalue weighted by Gasteiger charge is -2.30. The first-order valence-corrected chi connectivity index (χ1v) is 3.81. The second kappa shape index (κ2) is 3.14. The van der Waals surface area contributed by atoms with Gasteiger partial charge >= 0.3 is 0 Å². The summed E-state index contributed by atoms with van der Waals surface area (Å²) in [5.41, 5.74) is -1.60. The molecule has 1 atom stereocenters. The van der Waals surface area contributed by atoms with Gasteiger partial charge in [0.05, 0.1) is 0 Å². The molecular formula is C9H9O4-. The van der Waals surface area contributed by atoms with Crippen molar-refractivity contribution in [1.82, 2.24) is 0 Å². The molecule has 1 rings (SSSR count). The van der Waals surface area contributed by atoms with Crippen molar-refractivity contribution >= 4 is 11.8 Å². The van der Waals surface area contributed by atoms with E-state index in [4.69, 9.17) is 0 Å². The minimum absolute atomic E-state index is 0.268. The van der Waals surface area contributed by atoms with Crippen molar-refractivity contribution in [3.05, 3.63) is 24.3 Å². The fraction of sp³-hybridized carbons (Fsp3) is 0.333. The van der Waals surface area contributed by atoms with Crippen molar-refractivity contribution in [2.24, 2.45) is 5.92 Å². The van der Waals surface area contributed by atoms with Crippen molar-refractivity contribution in [3.63, 3.8) is 0 Å². The van der Waals surface area contributed by atoms with Gasteiger partial charge in [0, 0.05) is 11.9 Å². The van der Waals surface area contributed by atoms with E-state index >= 15 is 0 Å². The first kappa shape index (κ1) is 9.67. The van der Waals surface area contributed by atoms with Crippen LogP contribution in [0.25, 0.3) is 0 Å². The van der Waals surface area contributed by atoms with Crippen molar-refractivity contribution in [2.75, 3.05) is 0 Å². The second-order valence-electron chi connectivity index (χ2n) is 3.00. The molecular weight excluding hydrogens is 172 g/mol. The highest BCUT2D eigenvalue weighted by atomic mass is 16.4. The normalized spacial score (nSPS) is 21.5. The molecule has 13 heavy (non-hydrogen) atoms. The Labute approximate surface area is 75.2 Å². The first-order chi connectivity index (χ1) is 5.96. The van der Waals surface area contributed by atoms with Crippen LogP contribution in [-0.2, 0) is 9.59 Å². The van der Waals surface area contributed by atoms with Crippen LogP contribution < -0.4 is 5.11 Å². The lowest BCUT2D eigenvalue weighted by molar-refractivity contribution is -0.314. The summed E-state index contributed by atoms with van der Waals surface area (Å²) >= 11 is 0. The van der Waals surface area contributed by atoms with Crippen LogP contribution in [-0.4, -0.2) is 22.5 Å². The highest BCUT2D eigenvalue weighted by molar-refractivity contribution is 6.00. The van der Waals surface area contributed by atoms with Gasteiger partial charge in [-0.2, -0.15) is 0 Å². The second-order valence-corrected chi connectivity index (χ2v) is 3.00. The van der Waals surface area contributed by atoms with E-state index in [0.717, 1.165) is 24.3 Å². The summed E-state index contributed by atoms with van der Waals surface area (Å²) in [5, 5.41) is 20.1. The highest BCUT2D eigenvalue weighted by Gasteiger charge is 2.31. The molecule has 0 radical (unpaired) electrons. The molecule has 0 aromatic carbocycles. The highest BCUT2D eigenvalue weighted by Crippen LogP contribution is 2.22. The van der Waals surface area contributed by atoms with Gasteiger partial charge in [-0.1, -0.05) is 6.92 Å². The van der Waals surface area contributed by atoms with Crippen LogP contribution in [0, 0.1) is 5.92 Å². The zero-order chi connectivity index (χ0) is 10.1. The molecule has 0 saturated heterocycles. The summed E-state index contributed by atoms with van der Waals surface area (Å²) in [7, 11) is 0. The maximum absolute atomic E-state index is 10.7. The van der Waals surface area contributed by atoms with Crippen molar-refractivity contribution in [3.8, 4) is 0 Å². The lowest BCUT2D eigenvalue weighted by atomic mass is 9.85. The maximum atomic E-state index is 10.7. The number of carboxylic acid groups (broad SMARTS) is 1. The van der Waals surface area contributed by atoms with Crippen LogP contribution in [0.1, 0.15) is 6.92 Å². The third-order valence-electron chi connectivity index (χ3n) is 2.08. The largest absolute Gasteiger partial charge is 0.550 e. The van der Waals surface area contributed by atoms with Gasteiger partial charge in [-0.25, -0.2) is 0 Å². The molecule has 4 nitrogen and oxygen atoms in total. The Morgan fingerprint density at radius 3 is 2.38 bits per heavy atom. The van der Waals surface area contributed by atoms with E-state index < -0.39 is 17.5 Å². The molecule has 0 heterocycles. The van der Waals surface area contributed by atoms with Crippen LogP contribution in [0.15, 0.2) is 24.3 Å². The zero-order valence-electron chi connectivity index (χ0n) is 7.06. The van der Waals surface area contributed by atoms with Gasteiger partial charge in [0.2, 0.25) is 0 Å². The average Bonchev–Trinajstić information content (AvgIpc) is 2.09. The van der Waals surface area contributed by atoms with Crippen molar-refractivity contribution in [1.29, 1.82) is 0 Å². The molecule has 0 amide bonds. The maximum Gasteiger partial charge on any atom is 0.178 e. The number of ketones is 1. The van der Waals surface area contributed by atoms with Gasteiger partial charge in [0.15, 0.2) is 5.78 Å². The number of carbonyl (C=O) groups excluding carboxylic acids is 2. The molecule has 1 aliphatic rings.